The third kappa shape index (κ3) is 6.20. The van der Waals surface area contributed by atoms with Crippen molar-refractivity contribution >= 4 is 28.5 Å². The van der Waals surface area contributed by atoms with Crippen LogP contribution in [0.4, 0.5) is 4.39 Å². The van der Waals surface area contributed by atoms with Crippen LogP contribution >= 0.6 is 11.6 Å². The summed E-state index contributed by atoms with van der Waals surface area (Å²) in [6.07, 6.45) is 2.31. The van der Waals surface area contributed by atoms with E-state index in [9.17, 15) is 9.18 Å². The molecule has 0 atom stereocenters. The molecular formula is C28H29ClFN3O2. The SMILES string of the molecule is Cc1cc(OCCCn2c(CCCNC(=O)c3ccc(F)cc3)nc3ccccc32)cc(C)c1Cl. The third-order valence-electron chi connectivity index (χ3n) is 5.91. The number of amides is 1. The van der Waals surface area contributed by atoms with Gasteiger partial charge in [0.05, 0.1) is 17.6 Å². The summed E-state index contributed by atoms with van der Waals surface area (Å²) in [6.45, 7) is 5.84. The van der Waals surface area contributed by atoms with Gasteiger partial charge in [-0.05, 0) is 86.3 Å². The minimum absolute atomic E-state index is 0.205. The van der Waals surface area contributed by atoms with E-state index >= 15 is 0 Å². The molecule has 35 heavy (non-hydrogen) atoms. The van der Waals surface area contributed by atoms with E-state index in [0.717, 1.165) is 64.6 Å². The Hall–Kier alpha value is -3.38. The van der Waals surface area contributed by atoms with E-state index in [0.29, 0.717) is 18.7 Å². The number of fused-ring (bicyclic) bond motifs is 1. The predicted molar refractivity (Wildman–Crippen MR) is 138 cm³/mol. The summed E-state index contributed by atoms with van der Waals surface area (Å²) in [5.41, 5.74) is 4.52. The highest BCUT2D eigenvalue weighted by Gasteiger charge is 2.11. The average Bonchev–Trinajstić information content (AvgIpc) is 3.20. The first-order valence-corrected chi connectivity index (χ1v) is 12.2. The molecule has 1 heterocycles. The molecule has 182 valence electrons. The number of aromatic nitrogens is 2. The number of benzene rings is 3. The number of para-hydroxylation sites is 2. The summed E-state index contributed by atoms with van der Waals surface area (Å²) in [6, 6.07) is 17.6. The number of carbonyl (C=O) groups excluding carboxylic acids is 1. The van der Waals surface area contributed by atoms with Crippen molar-refractivity contribution in [3.63, 3.8) is 0 Å². The van der Waals surface area contributed by atoms with Crippen LogP contribution < -0.4 is 10.1 Å². The van der Waals surface area contributed by atoms with Crippen LogP contribution in [0.1, 0.15) is 40.2 Å². The van der Waals surface area contributed by atoms with E-state index in [1.807, 2.05) is 44.2 Å². The van der Waals surface area contributed by atoms with Gasteiger partial charge in [-0.25, -0.2) is 9.37 Å². The molecule has 0 fully saturated rings. The number of hydrogen-bond acceptors (Lipinski definition) is 3. The van der Waals surface area contributed by atoms with Gasteiger partial charge in [0.1, 0.15) is 17.4 Å². The molecule has 7 heteroatoms. The first-order chi connectivity index (χ1) is 16.9. The van der Waals surface area contributed by atoms with Crippen LogP contribution in [0.2, 0.25) is 5.02 Å². The molecule has 0 saturated carbocycles. The van der Waals surface area contributed by atoms with Crippen molar-refractivity contribution in [3.05, 3.63) is 94.0 Å². The highest BCUT2D eigenvalue weighted by molar-refractivity contribution is 6.32. The number of nitrogens with zero attached hydrogens (tertiary/aromatic N) is 2. The van der Waals surface area contributed by atoms with Crippen LogP contribution in [-0.2, 0) is 13.0 Å². The standard InChI is InChI=1S/C28H29ClFN3O2/c1-19-17-23(18-20(2)27(19)29)35-16-6-15-33-25-8-4-3-7-24(25)32-26(33)9-5-14-31-28(34)21-10-12-22(30)13-11-21/h3-4,7-8,10-13,17-18H,5-6,9,14-16H2,1-2H3,(H,31,34). The first-order valence-electron chi connectivity index (χ1n) is 11.8. The lowest BCUT2D eigenvalue weighted by Crippen LogP contribution is -2.25. The summed E-state index contributed by atoms with van der Waals surface area (Å²) in [5.74, 6) is 1.25. The van der Waals surface area contributed by atoms with E-state index < -0.39 is 0 Å². The van der Waals surface area contributed by atoms with Gasteiger partial charge in [0, 0.05) is 30.1 Å². The fourth-order valence-electron chi connectivity index (χ4n) is 4.12. The van der Waals surface area contributed by atoms with Gasteiger partial charge in [0.25, 0.3) is 5.91 Å². The van der Waals surface area contributed by atoms with Gasteiger partial charge in [-0.15, -0.1) is 0 Å². The lowest BCUT2D eigenvalue weighted by atomic mass is 10.1. The van der Waals surface area contributed by atoms with E-state index in [2.05, 4.69) is 16.0 Å². The second kappa shape index (κ2) is 11.4. The van der Waals surface area contributed by atoms with Crippen molar-refractivity contribution in [1.82, 2.24) is 14.9 Å². The fourth-order valence-corrected chi connectivity index (χ4v) is 4.23. The topological polar surface area (TPSA) is 56.1 Å². The van der Waals surface area contributed by atoms with E-state index in [4.69, 9.17) is 21.3 Å². The van der Waals surface area contributed by atoms with Gasteiger partial charge in [-0.2, -0.15) is 0 Å². The number of carbonyl (C=O) groups is 1. The molecule has 0 unspecified atom stereocenters. The lowest BCUT2D eigenvalue weighted by molar-refractivity contribution is 0.0953. The minimum atomic E-state index is -0.357. The fraction of sp³-hybridized carbons (Fsp3) is 0.286. The van der Waals surface area contributed by atoms with Crippen molar-refractivity contribution in [3.8, 4) is 5.75 Å². The predicted octanol–water partition coefficient (Wildman–Crippen LogP) is 6.28. The second-order valence-electron chi connectivity index (χ2n) is 8.61. The van der Waals surface area contributed by atoms with Gasteiger partial charge in [0.15, 0.2) is 0 Å². The van der Waals surface area contributed by atoms with E-state index in [-0.39, 0.29) is 11.7 Å². The normalized spacial score (nSPS) is 11.1. The molecule has 0 radical (unpaired) electrons. The number of rotatable bonds is 10. The van der Waals surface area contributed by atoms with Crippen molar-refractivity contribution in [1.29, 1.82) is 0 Å². The van der Waals surface area contributed by atoms with Crippen LogP contribution in [0.5, 0.6) is 5.75 Å². The van der Waals surface area contributed by atoms with Crippen molar-refractivity contribution in [2.75, 3.05) is 13.2 Å². The maximum Gasteiger partial charge on any atom is 0.251 e. The van der Waals surface area contributed by atoms with Gasteiger partial charge in [-0.3, -0.25) is 4.79 Å². The highest BCUT2D eigenvalue weighted by atomic mass is 35.5. The van der Waals surface area contributed by atoms with Crippen LogP contribution in [0.3, 0.4) is 0 Å². The molecule has 0 bridgehead atoms. The second-order valence-corrected chi connectivity index (χ2v) is 8.99. The van der Waals surface area contributed by atoms with Gasteiger partial charge < -0.3 is 14.6 Å². The first kappa shape index (κ1) is 24.7. The van der Waals surface area contributed by atoms with Crippen LogP contribution in [0.25, 0.3) is 11.0 Å². The molecule has 0 aliphatic rings. The zero-order chi connectivity index (χ0) is 24.8. The Morgan fingerprint density at radius 2 is 1.77 bits per heavy atom. The molecule has 1 amide bonds. The lowest BCUT2D eigenvalue weighted by Gasteiger charge is -2.12. The molecule has 4 rings (SSSR count). The third-order valence-corrected chi connectivity index (χ3v) is 6.50. The maximum absolute atomic E-state index is 13.1. The van der Waals surface area contributed by atoms with Crippen molar-refractivity contribution in [2.45, 2.75) is 39.7 Å². The van der Waals surface area contributed by atoms with E-state index in [1.165, 1.54) is 24.3 Å². The number of ether oxygens (including phenoxy) is 1. The quantitative estimate of drug-likeness (QED) is 0.265. The number of aryl methyl sites for hydroxylation is 4. The smallest absolute Gasteiger partial charge is 0.251 e. The van der Waals surface area contributed by atoms with Crippen LogP contribution in [0.15, 0.2) is 60.7 Å². The summed E-state index contributed by atoms with van der Waals surface area (Å²) in [4.78, 5) is 17.1. The Balaban J connectivity index is 1.33. The summed E-state index contributed by atoms with van der Waals surface area (Å²) >= 11 is 6.26. The Bertz CT molecular complexity index is 1290. The van der Waals surface area contributed by atoms with Crippen molar-refractivity contribution < 1.29 is 13.9 Å². The number of hydrogen-bond donors (Lipinski definition) is 1. The molecule has 4 aromatic rings. The van der Waals surface area contributed by atoms with Gasteiger partial charge in [-0.1, -0.05) is 23.7 Å². The molecule has 5 nitrogen and oxygen atoms in total. The number of nitrogens with one attached hydrogen (secondary N) is 1. The Labute approximate surface area is 209 Å². The Morgan fingerprint density at radius 1 is 1.06 bits per heavy atom. The maximum atomic E-state index is 13.1. The zero-order valence-electron chi connectivity index (χ0n) is 20.0. The van der Waals surface area contributed by atoms with Gasteiger partial charge in [0.2, 0.25) is 0 Å². The molecule has 1 aromatic heterocycles. The average molecular weight is 494 g/mol. The molecule has 0 saturated heterocycles. The molecule has 0 aliphatic carbocycles. The van der Waals surface area contributed by atoms with Crippen LogP contribution in [0, 0.1) is 19.7 Å². The minimum Gasteiger partial charge on any atom is -0.494 e. The number of imidazole rings is 1. The zero-order valence-corrected chi connectivity index (χ0v) is 20.7. The molecular weight excluding hydrogens is 465 g/mol. The highest BCUT2D eigenvalue weighted by Crippen LogP contribution is 2.26. The molecule has 0 aliphatic heterocycles. The molecule has 3 aromatic carbocycles. The van der Waals surface area contributed by atoms with E-state index in [1.54, 1.807) is 0 Å². The van der Waals surface area contributed by atoms with Crippen LogP contribution in [-0.4, -0.2) is 28.6 Å². The Morgan fingerprint density at radius 3 is 2.51 bits per heavy atom. The molecule has 0 spiro atoms. The monoisotopic (exact) mass is 493 g/mol. The van der Waals surface area contributed by atoms with Crippen molar-refractivity contribution in [2.24, 2.45) is 0 Å². The summed E-state index contributed by atoms with van der Waals surface area (Å²) < 4.78 is 21.3. The summed E-state index contributed by atoms with van der Waals surface area (Å²) in [5, 5.41) is 3.68. The van der Waals surface area contributed by atoms with Gasteiger partial charge >= 0.3 is 0 Å². The Kier molecular flexibility index (Phi) is 8.03. The summed E-state index contributed by atoms with van der Waals surface area (Å²) in [7, 11) is 0. The molecule has 1 N–H and O–H groups in total. The largest absolute Gasteiger partial charge is 0.494 e. The number of halogens is 2.